The number of aromatic amines is 1. The molecule has 3 aromatic carbocycles. The van der Waals surface area contributed by atoms with E-state index >= 15 is 4.39 Å². The number of fused-ring (bicyclic) bond motifs is 2. The molecule has 2 N–H and O–H groups in total. The fourth-order valence-corrected chi connectivity index (χ4v) is 11.4. The van der Waals surface area contributed by atoms with Crippen LogP contribution >= 0.6 is 0 Å². The van der Waals surface area contributed by atoms with Crippen molar-refractivity contribution in [2.75, 3.05) is 111 Å². The lowest BCUT2D eigenvalue weighted by Gasteiger charge is -2.40. The molecular formula is C55H67FN12O5. The molecule has 4 saturated heterocycles. The zero-order chi connectivity index (χ0) is 50.3. The molecule has 0 radical (unpaired) electrons. The minimum Gasteiger partial charge on any atom is -0.352 e. The van der Waals surface area contributed by atoms with E-state index in [1.807, 2.05) is 46.3 Å². The van der Waals surface area contributed by atoms with Gasteiger partial charge in [0.1, 0.15) is 12.1 Å². The Labute approximate surface area is 425 Å². The lowest BCUT2D eigenvalue weighted by molar-refractivity contribution is -0.134. The number of aromatic nitrogens is 4. The Morgan fingerprint density at radius 1 is 0.726 bits per heavy atom. The van der Waals surface area contributed by atoms with Gasteiger partial charge in [-0.05, 0) is 99.1 Å². The van der Waals surface area contributed by atoms with Crippen LogP contribution in [0.15, 0.2) is 84.0 Å². The highest BCUT2D eigenvalue weighted by Crippen LogP contribution is 2.29. The van der Waals surface area contributed by atoms with Crippen LogP contribution in [0.2, 0.25) is 0 Å². The molecule has 5 aromatic rings. The number of hydrogen-bond acceptors (Lipinski definition) is 12. The monoisotopic (exact) mass is 995 g/mol. The summed E-state index contributed by atoms with van der Waals surface area (Å²) in [6.45, 7) is 13.3. The van der Waals surface area contributed by atoms with Crippen molar-refractivity contribution >= 4 is 34.4 Å². The number of hydrogen-bond donors (Lipinski definition) is 2. The van der Waals surface area contributed by atoms with Crippen molar-refractivity contribution in [2.24, 2.45) is 5.92 Å². The van der Waals surface area contributed by atoms with E-state index in [0.29, 0.717) is 105 Å². The minimum absolute atomic E-state index is 0.0109. The SMILES string of the molecule is O=C(NCCCN1CCC(CN2CCN(CC(=O)N3CCN(C(=O)c4cc(Cc5n[nH]c(=O)c6ccccc56)ccc4F)CC3)CC2)CC1)c1cccc([C@H]2CCCN(C(=O)CN3Cc4cncnc4C3)C2)c1. The van der Waals surface area contributed by atoms with Crippen molar-refractivity contribution in [3.8, 4) is 0 Å². The number of piperazine rings is 2. The first-order valence-electron chi connectivity index (χ1n) is 26.2. The fraction of sp³-hybridized carbons (Fsp3) is 0.491. The third-order valence-corrected chi connectivity index (χ3v) is 15.7. The Bertz CT molecular complexity index is 2810. The van der Waals surface area contributed by atoms with Gasteiger partial charge < -0.3 is 29.8 Å². The van der Waals surface area contributed by atoms with Gasteiger partial charge in [0.15, 0.2) is 0 Å². The van der Waals surface area contributed by atoms with Crippen molar-refractivity contribution in [1.29, 1.82) is 0 Å². The van der Waals surface area contributed by atoms with E-state index in [4.69, 9.17) is 0 Å². The Kier molecular flexibility index (Phi) is 15.9. The largest absolute Gasteiger partial charge is 0.352 e. The maximum Gasteiger partial charge on any atom is 0.272 e. The molecular weight excluding hydrogens is 928 g/mol. The lowest BCUT2D eigenvalue weighted by Crippen LogP contribution is -2.55. The first kappa shape index (κ1) is 50.1. The van der Waals surface area contributed by atoms with E-state index in [1.165, 1.54) is 6.07 Å². The summed E-state index contributed by atoms with van der Waals surface area (Å²) in [6, 6.07) is 19.6. The predicted molar refractivity (Wildman–Crippen MR) is 274 cm³/mol. The van der Waals surface area contributed by atoms with Crippen LogP contribution in [0.3, 0.4) is 0 Å². The topological polar surface area (TPSA) is 175 Å². The van der Waals surface area contributed by atoms with E-state index < -0.39 is 11.7 Å². The van der Waals surface area contributed by atoms with Crippen molar-refractivity contribution in [1.82, 2.24) is 59.8 Å². The summed E-state index contributed by atoms with van der Waals surface area (Å²) in [6.07, 6.45) is 8.86. The number of carbonyl (C=O) groups excluding carboxylic acids is 4. The number of carbonyl (C=O) groups is 4. The smallest absolute Gasteiger partial charge is 0.272 e. The number of H-pyrrole nitrogens is 1. The second kappa shape index (κ2) is 23.2. The quantitative estimate of drug-likeness (QED) is 0.146. The Balaban J connectivity index is 0.588. The molecule has 7 heterocycles. The molecule has 10 rings (SSSR count). The van der Waals surface area contributed by atoms with Crippen molar-refractivity contribution in [2.45, 2.75) is 57.5 Å². The zero-order valence-electron chi connectivity index (χ0n) is 41.7. The number of halogens is 1. The van der Waals surface area contributed by atoms with Gasteiger partial charge in [0.05, 0.1) is 35.4 Å². The minimum atomic E-state index is -0.595. The average molecular weight is 995 g/mol. The van der Waals surface area contributed by atoms with Gasteiger partial charge in [0.25, 0.3) is 17.4 Å². The van der Waals surface area contributed by atoms with Gasteiger partial charge in [0.2, 0.25) is 11.8 Å². The second-order valence-electron chi connectivity index (χ2n) is 20.6. The maximum absolute atomic E-state index is 15.1. The molecule has 2 aromatic heterocycles. The molecule has 0 saturated carbocycles. The van der Waals surface area contributed by atoms with Crippen LogP contribution in [0.4, 0.5) is 4.39 Å². The molecule has 17 nitrogen and oxygen atoms in total. The van der Waals surface area contributed by atoms with Gasteiger partial charge in [-0.2, -0.15) is 5.10 Å². The van der Waals surface area contributed by atoms with E-state index in [0.717, 1.165) is 108 Å². The number of rotatable bonds is 15. The summed E-state index contributed by atoms with van der Waals surface area (Å²) in [5.41, 5.74) is 4.93. The van der Waals surface area contributed by atoms with Crippen molar-refractivity contribution in [3.05, 3.63) is 135 Å². The van der Waals surface area contributed by atoms with Crippen LogP contribution in [-0.2, 0) is 29.1 Å². The highest BCUT2D eigenvalue weighted by Gasteiger charge is 2.31. The third kappa shape index (κ3) is 12.3. The normalized spacial score (nSPS) is 19.6. The highest BCUT2D eigenvalue weighted by molar-refractivity contribution is 5.95. The fourth-order valence-electron chi connectivity index (χ4n) is 11.4. The number of benzene rings is 3. The molecule has 73 heavy (non-hydrogen) atoms. The van der Waals surface area contributed by atoms with Gasteiger partial charge >= 0.3 is 0 Å². The van der Waals surface area contributed by atoms with E-state index in [2.05, 4.69) is 51.1 Å². The van der Waals surface area contributed by atoms with Gasteiger partial charge in [0, 0.05) is 127 Å². The highest BCUT2D eigenvalue weighted by atomic mass is 19.1. The number of amides is 4. The van der Waals surface area contributed by atoms with Crippen LogP contribution < -0.4 is 10.9 Å². The molecule has 1 atom stereocenters. The Morgan fingerprint density at radius 2 is 1.48 bits per heavy atom. The summed E-state index contributed by atoms with van der Waals surface area (Å²) in [5.74, 6) is 0.00212. The number of piperidine rings is 2. The molecule has 4 amide bonds. The molecule has 5 aliphatic heterocycles. The first-order chi connectivity index (χ1) is 35.6. The molecule has 0 unspecified atom stereocenters. The number of likely N-dealkylation sites (tertiary alicyclic amines) is 2. The Morgan fingerprint density at radius 3 is 2.29 bits per heavy atom. The zero-order valence-corrected chi connectivity index (χ0v) is 41.7. The molecule has 0 aliphatic carbocycles. The van der Waals surface area contributed by atoms with Crippen molar-refractivity contribution in [3.63, 3.8) is 0 Å². The summed E-state index contributed by atoms with van der Waals surface area (Å²) >= 11 is 0. The summed E-state index contributed by atoms with van der Waals surface area (Å²) < 4.78 is 15.1. The molecule has 4 fully saturated rings. The van der Waals surface area contributed by atoms with Gasteiger partial charge in [-0.1, -0.05) is 36.4 Å². The molecule has 5 aliphatic rings. The molecule has 384 valence electrons. The summed E-state index contributed by atoms with van der Waals surface area (Å²) in [4.78, 5) is 89.2. The summed E-state index contributed by atoms with van der Waals surface area (Å²) in [5, 5.41) is 11.2. The molecule has 18 heteroatoms. The number of nitrogens with zero attached hydrogens (tertiary/aromatic N) is 10. The second-order valence-corrected chi connectivity index (χ2v) is 20.6. The van der Waals surface area contributed by atoms with Gasteiger partial charge in [-0.3, -0.25) is 33.8 Å². The lowest BCUT2D eigenvalue weighted by atomic mass is 9.89. The van der Waals surface area contributed by atoms with Crippen LogP contribution in [0.5, 0.6) is 0 Å². The standard InChI is InChI=1S/C55H67FN12O5/c56-48-12-11-40(29-49-45-9-1-2-10-46(45)54(72)61-60-49)28-47(48)55(73)67-26-24-66(25-27-67)51(69)36-64-22-20-63(21-23-64)32-39-13-18-62(19-14-39)16-5-15-58-53(71)42-7-3-6-41(30-42)43-8-4-17-68(34-43)52(70)37-65-33-44-31-57-38-59-50(44)35-65/h1-3,6-7,9-12,28,30-31,38-39,43H,4-5,8,13-27,29,32-37H2,(H,58,71)(H,61,72)/t43-/m0/s1. The van der Waals surface area contributed by atoms with E-state index in [1.54, 1.807) is 35.5 Å². The molecule has 0 bridgehead atoms. The third-order valence-electron chi connectivity index (χ3n) is 15.7. The van der Waals surface area contributed by atoms with Crippen LogP contribution in [0, 0.1) is 11.7 Å². The molecule has 0 spiro atoms. The predicted octanol–water partition coefficient (Wildman–Crippen LogP) is 3.60. The van der Waals surface area contributed by atoms with E-state index in [9.17, 15) is 24.0 Å². The Hall–Kier alpha value is -6.47. The average Bonchev–Trinajstić information content (AvgIpc) is 3.84. The van der Waals surface area contributed by atoms with Crippen LogP contribution in [-0.4, -0.2) is 189 Å². The van der Waals surface area contributed by atoms with Gasteiger partial charge in [-0.25, -0.2) is 19.5 Å². The first-order valence-corrected chi connectivity index (χ1v) is 26.2. The summed E-state index contributed by atoms with van der Waals surface area (Å²) in [7, 11) is 0. The van der Waals surface area contributed by atoms with Crippen molar-refractivity contribution < 1.29 is 23.6 Å². The maximum atomic E-state index is 15.1. The van der Waals surface area contributed by atoms with Crippen LogP contribution in [0.25, 0.3) is 10.8 Å². The van der Waals surface area contributed by atoms with E-state index in [-0.39, 0.29) is 34.8 Å². The number of nitrogens with one attached hydrogen (secondary N) is 2. The van der Waals surface area contributed by atoms with Gasteiger partial charge in [-0.15, -0.1) is 0 Å². The van der Waals surface area contributed by atoms with Crippen LogP contribution in [0.1, 0.15) is 86.8 Å².